The average Bonchev–Trinajstić information content (AvgIpc) is 2.97. The van der Waals surface area contributed by atoms with Crippen molar-refractivity contribution in [1.82, 2.24) is 0 Å². The number of carbonyl (C=O) groups excluding carboxylic acids is 2. The summed E-state index contributed by atoms with van der Waals surface area (Å²) in [6.45, 7) is 3.81. The summed E-state index contributed by atoms with van der Waals surface area (Å²) < 4.78 is 4.99. The second-order valence-electron chi connectivity index (χ2n) is 11.9. The minimum Gasteiger partial charge on any atom is -0.394 e. The summed E-state index contributed by atoms with van der Waals surface area (Å²) in [6.07, 6.45) is 33.3. The minimum atomic E-state index is -0.954. The van der Waals surface area contributed by atoms with Crippen LogP contribution in [0.1, 0.15) is 194 Å². The van der Waals surface area contributed by atoms with Gasteiger partial charge in [0.1, 0.15) is 6.10 Å². The Morgan fingerprint density at radius 2 is 0.659 bits per heavy atom. The summed E-state index contributed by atoms with van der Waals surface area (Å²) >= 11 is 0. The Bertz CT molecular complexity index is 481. The molecular formula is C35H70O6. The first-order valence-electron chi connectivity index (χ1n) is 17.6. The molecule has 0 heterocycles. The van der Waals surface area contributed by atoms with Crippen molar-refractivity contribution in [3.05, 3.63) is 0 Å². The van der Waals surface area contributed by atoms with Crippen LogP contribution in [-0.4, -0.2) is 46.6 Å². The molecule has 0 bridgehead atoms. The highest BCUT2D eigenvalue weighted by Crippen LogP contribution is 2.15. The number of aliphatic hydroxyl groups is 3. The fraction of sp³-hybridized carbons (Fsp3) is 0.943. The Morgan fingerprint density at radius 3 is 0.854 bits per heavy atom. The van der Waals surface area contributed by atoms with E-state index in [2.05, 4.69) is 13.8 Å². The monoisotopic (exact) mass is 587 g/mol. The third-order valence-electron chi connectivity index (χ3n) is 7.62. The number of aliphatic hydroxyl groups excluding tert-OH is 3. The zero-order valence-electron chi connectivity index (χ0n) is 27.4. The highest BCUT2D eigenvalue weighted by atomic mass is 16.6. The van der Waals surface area contributed by atoms with Crippen molar-refractivity contribution in [2.45, 2.75) is 200 Å². The standard InChI is InChI=1S/C32H62O3.C3H8O3/c1-3-5-7-9-11-13-15-17-19-21-23-25-27-29-31(33)35-32(34)30-28-26-24-22-20-18-16-14-12-10-8-6-4-2;4-1-3(6)2-5/h3-30H2,1-2H3;3-6H,1-2H2. The highest BCUT2D eigenvalue weighted by molar-refractivity contribution is 5.85. The van der Waals surface area contributed by atoms with Gasteiger partial charge in [0.05, 0.1) is 13.2 Å². The van der Waals surface area contributed by atoms with E-state index in [4.69, 9.17) is 20.1 Å². The highest BCUT2D eigenvalue weighted by Gasteiger charge is 2.10. The molecule has 41 heavy (non-hydrogen) atoms. The van der Waals surface area contributed by atoms with Gasteiger partial charge in [-0.3, -0.25) is 9.59 Å². The van der Waals surface area contributed by atoms with Crippen LogP contribution in [0.4, 0.5) is 0 Å². The average molecular weight is 587 g/mol. The van der Waals surface area contributed by atoms with E-state index in [9.17, 15) is 9.59 Å². The molecule has 0 aromatic heterocycles. The van der Waals surface area contributed by atoms with Gasteiger partial charge in [0, 0.05) is 12.8 Å². The molecule has 0 rings (SSSR count). The molecule has 6 nitrogen and oxygen atoms in total. The molecule has 0 aromatic carbocycles. The van der Waals surface area contributed by atoms with Gasteiger partial charge in [-0.1, -0.05) is 168 Å². The first-order valence-corrected chi connectivity index (χ1v) is 17.6. The molecule has 0 aliphatic carbocycles. The second kappa shape index (κ2) is 37.0. The summed E-state index contributed by atoms with van der Waals surface area (Å²) in [4.78, 5) is 23.7. The van der Waals surface area contributed by atoms with Crippen LogP contribution in [0.2, 0.25) is 0 Å². The van der Waals surface area contributed by atoms with Crippen molar-refractivity contribution in [2.24, 2.45) is 0 Å². The van der Waals surface area contributed by atoms with Crippen LogP contribution >= 0.6 is 0 Å². The van der Waals surface area contributed by atoms with Crippen LogP contribution in [-0.2, 0) is 14.3 Å². The predicted octanol–water partition coefficient (Wildman–Crippen LogP) is 9.35. The number of unbranched alkanes of at least 4 members (excludes halogenated alkanes) is 24. The summed E-state index contributed by atoms with van der Waals surface area (Å²) in [5, 5.41) is 24.0. The lowest BCUT2D eigenvalue weighted by Crippen LogP contribution is -2.15. The maximum atomic E-state index is 11.8. The third-order valence-corrected chi connectivity index (χ3v) is 7.62. The molecule has 0 saturated heterocycles. The Labute approximate surface area is 254 Å². The van der Waals surface area contributed by atoms with Crippen molar-refractivity contribution in [3.8, 4) is 0 Å². The number of ether oxygens (including phenoxy) is 1. The number of esters is 2. The summed E-state index contributed by atoms with van der Waals surface area (Å²) in [6, 6.07) is 0. The normalized spacial score (nSPS) is 11.0. The molecule has 0 aliphatic rings. The van der Waals surface area contributed by atoms with E-state index in [1.807, 2.05) is 0 Å². The molecule has 0 unspecified atom stereocenters. The summed E-state index contributed by atoms with van der Waals surface area (Å²) in [7, 11) is 0. The first kappa shape index (κ1) is 42.2. The van der Waals surface area contributed by atoms with Crippen LogP contribution in [0.5, 0.6) is 0 Å². The van der Waals surface area contributed by atoms with E-state index in [0.717, 1.165) is 25.7 Å². The molecule has 0 fully saturated rings. The Kier molecular flexibility index (Phi) is 38.1. The molecule has 0 aromatic rings. The van der Waals surface area contributed by atoms with E-state index in [-0.39, 0.29) is 25.2 Å². The molecule has 0 saturated carbocycles. The van der Waals surface area contributed by atoms with Gasteiger partial charge in [-0.15, -0.1) is 0 Å². The van der Waals surface area contributed by atoms with Crippen molar-refractivity contribution in [1.29, 1.82) is 0 Å². The van der Waals surface area contributed by atoms with Crippen LogP contribution in [0.3, 0.4) is 0 Å². The summed E-state index contributed by atoms with van der Waals surface area (Å²) in [5.74, 6) is -0.652. The summed E-state index contributed by atoms with van der Waals surface area (Å²) in [5.41, 5.74) is 0. The van der Waals surface area contributed by atoms with Crippen molar-refractivity contribution in [2.75, 3.05) is 13.2 Å². The minimum absolute atomic E-state index is 0.326. The Morgan fingerprint density at radius 1 is 0.439 bits per heavy atom. The molecule has 0 radical (unpaired) electrons. The van der Waals surface area contributed by atoms with E-state index in [1.165, 1.54) is 141 Å². The molecule has 0 amide bonds. The van der Waals surface area contributed by atoms with Gasteiger partial charge >= 0.3 is 11.9 Å². The largest absolute Gasteiger partial charge is 0.394 e. The van der Waals surface area contributed by atoms with Crippen molar-refractivity contribution < 1.29 is 29.6 Å². The topological polar surface area (TPSA) is 104 Å². The number of hydrogen-bond donors (Lipinski definition) is 3. The van der Waals surface area contributed by atoms with Crippen LogP contribution < -0.4 is 0 Å². The molecule has 6 heteroatoms. The van der Waals surface area contributed by atoms with E-state index < -0.39 is 6.10 Å². The SMILES string of the molecule is CCCCCCCCCCCCCCCC(=O)OC(=O)CCCCCCCCCCCCCCC.OCC(O)CO. The Balaban J connectivity index is 0. The van der Waals surface area contributed by atoms with Gasteiger partial charge in [-0.05, 0) is 12.8 Å². The lowest BCUT2D eigenvalue weighted by Gasteiger charge is -2.05. The van der Waals surface area contributed by atoms with Gasteiger partial charge < -0.3 is 20.1 Å². The van der Waals surface area contributed by atoms with Crippen LogP contribution in [0.15, 0.2) is 0 Å². The smallest absolute Gasteiger partial charge is 0.313 e. The fourth-order valence-electron chi connectivity index (χ4n) is 4.86. The van der Waals surface area contributed by atoms with Crippen molar-refractivity contribution >= 4 is 11.9 Å². The first-order chi connectivity index (χ1) is 20.0. The third kappa shape index (κ3) is 39.0. The molecule has 3 N–H and O–H groups in total. The molecular weight excluding hydrogens is 516 g/mol. The quantitative estimate of drug-likeness (QED) is 0.0440. The number of carbonyl (C=O) groups is 2. The number of hydrogen-bond acceptors (Lipinski definition) is 6. The Hall–Kier alpha value is -0.980. The second-order valence-corrected chi connectivity index (χ2v) is 11.9. The predicted molar refractivity (Wildman–Crippen MR) is 172 cm³/mol. The zero-order chi connectivity index (χ0) is 30.7. The lowest BCUT2D eigenvalue weighted by molar-refractivity contribution is -0.159. The maximum absolute atomic E-state index is 11.8. The number of rotatable bonds is 30. The van der Waals surface area contributed by atoms with E-state index in [0.29, 0.717) is 12.8 Å². The van der Waals surface area contributed by atoms with Gasteiger partial charge in [0.15, 0.2) is 0 Å². The van der Waals surface area contributed by atoms with Gasteiger partial charge in [0.25, 0.3) is 0 Å². The molecule has 0 aliphatic heterocycles. The molecule has 0 spiro atoms. The van der Waals surface area contributed by atoms with E-state index in [1.54, 1.807) is 0 Å². The maximum Gasteiger partial charge on any atom is 0.313 e. The lowest BCUT2D eigenvalue weighted by atomic mass is 10.0. The zero-order valence-corrected chi connectivity index (χ0v) is 27.4. The van der Waals surface area contributed by atoms with Gasteiger partial charge in [0.2, 0.25) is 0 Å². The molecule has 246 valence electrons. The molecule has 0 atom stereocenters. The van der Waals surface area contributed by atoms with Crippen LogP contribution in [0, 0.1) is 0 Å². The van der Waals surface area contributed by atoms with Crippen LogP contribution in [0.25, 0.3) is 0 Å². The van der Waals surface area contributed by atoms with E-state index >= 15 is 0 Å². The van der Waals surface area contributed by atoms with Gasteiger partial charge in [-0.2, -0.15) is 0 Å². The fourth-order valence-corrected chi connectivity index (χ4v) is 4.86. The van der Waals surface area contributed by atoms with Crippen molar-refractivity contribution in [3.63, 3.8) is 0 Å². The van der Waals surface area contributed by atoms with Gasteiger partial charge in [-0.25, -0.2) is 0 Å².